The number of carbonyl (C=O) groups is 1. The van der Waals surface area contributed by atoms with Gasteiger partial charge in [-0.15, -0.1) is 12.4 Å². The average molecular weight is 369 g/mol. The molecule has 0 aromatic heterocycles. The highest BCUT2D eigenvalue weighted by Crippen LogP contribution is 2.33. The Morgan fingerprint density at radius 3 is 2.24 bits per heavy atom. The highest BCUT2D eigenvalue weighted by molar-refractivity contribution is 6.11. The maximum absolute atomic E-state index is 12.7. The lowest BCUT2D eigenvalue weighted by atomic mass is 9.95. The van der Waals surface area contributed by atoms with Crippen molar-refractivity contribution in [2.45, 2.75) is 40.5 Å². The Labute approximate surface area is 156 Å². The molecule has 140 valence electrons. The van der Waals surface area contributed by atoms with Crippen LogP contribution in [-0.4, -0.2) is 37.9 Å². The van der Waals surface area contributed by atoms with Gasteiger partial charge in [0.25, 0.3) is 0 Å². The first kappa shape index (κ1) is 21.3. The molecule has 1 heterocycles. The molecular weight excluding hydrogens is 340 g/mol. The van der Waals surface area contributed by atoms with Gasteiger partial charge in [-0.05, 0) is 25.0 Å². The quantitative estimate of drug-likeness (QED) is 0.672. The molecule has 0 atom stereocenters. The number of ether oxygens (including phenoxy) is 2. The fraction of sp³-hybridized carbons (Fsp3) is 0.579. The Morgan fingerprint density at radius 1 is 1.16 bits per heavy atom. The number of nitrogens with zero attached hydrogens (tertiary/aromatic N) is 1. The predicted molar refractivity (Wildman–Crippen MR) is 104 cm³/mol. The zero-order valence-corrected chi connectivity index (χ0v) is 16.4. The lowest BCUT2D eigenvalue weighted by Gasteiger charge is -2.18. The molecule has 0 amide bonds. The van der Waals surface area contributed by atoms with E-state index in [1.165, 1.54) is 0 Å². The van der Waals surface area contributed by atoms with E-state index in [1.807, 2.05) is 26.0 Å². The Bertz CT molecular complexity index is 615. The summed E-state index contributed by atoms with van der Waals surface area (Å²) in [6, 6.07) is 3.72. The van der Waals surface area contributed by atoms with Gasteiger partial charge in [-0.3, -0.25) is 9.79 Å². The summed E-state index contributed by atoms with van der Waals surface area (Å²) < 4.78 is 11.7. The van der Waals surface area contributed by atoms with E-state index in [0.29, 0.717) is 30.3 Å². The van der Waals surface area contributed by atoms with Gasteiger partial charge < -0.3 is 14.8 Å². The van der Waals surface area contributed by atoms with Crippen molar-refractivity contribution in [2.24, 2.45) is 10.9 Å². The second-order valence-electron chi connectivity index (χ2n) is 6.22. The average Bonchev–Trinajstić information content (AvgIpc) is 3.11. The largest absolute Gasteiger partial charge is 0.490 e. The summed E-state index contributed by atoms with van der Waals surface area (Å²) in [5.41, 5.74) is 1.45. The number of carbonyl (C=O) groups excluding carboxylic acids is 1. The first-order chi connectivity index (χ1) is 11.6. The summed E-state index contributed by atoms with van der Waals surface area (Å²) in [5, 5.41) is 3.25. The Hall–Kier alpha value is -1.75. The van der Waals surface area contributed by atoms with Gasteiger partial charge in [0.15, 0.2) is 17.3 Å². The van der Waals surface area contributed by atoms with Crippen LogP contribution in [0, 0.1) is 5.92 Å². The van der Waals surface area contributed by atoms with Crippen LogP contribution in [0.3, 0.4) is 0 Å². The highest BCUT2D eigenvalue weighted by atomic mass is 35.5. The molecule has 0 aliphatic carbocycles. The van der Waals surface area contributed by atoms with E-state index in [0.717, 1.165) is 37.3 Å². The van der Waals surface area contributed by atoms with E-state index in [1.54, 1.807) is 0 Å². The maximum Gasteiger partial charge on any atom is 0.166 e. The van der Waals surface area contributed by atoms with Crippen molar-refractivity contribution in [2.75, 3.05) is 26.3 Å². The van der Waals surface area contributed by atoms with Crippen molar-refractivity contribution in [1.29, 1.82) is 0 Å². The van der Waals surface area contributed by atoms with E-state index in [2.05, 4.69) is 24.2 Å². The monoisotopic (exact) mass is 368 g/mol. The number of aliphatic imine (C=N–C) groups is 1. The van der Waals surface area contributed by atoms with Gasteiger partial charge in [0, 0.05) is 23.6 Å². The Balaban J connectivity index is 0.00000312. The molecule has 1 N–H and O–H groups in total. The topological polar surface area (TPSA) is 59.9 Å². The zero-order valence-electron chi connectivity index (χ0n) is 15.6. The fourth-order valence-electron chi connectivity index (χ4n) is 2.50. The Morgan fingerprint density at radius 2 is 1.76 bits per heavy atom. The van der Waals surface area contributed by atoms with Crippen LogP contribution in [0.15, 0.2) is 17.1 Å². The van der Waals surface area contributed by atoms with Gasteiger partial charge in [-0.25, -0.2) is 0 Å². The molecule has 0 bridgehead atoms. The molecule has 0 saturated heterocycles. The fourth-order valence-corrected chi connectivity index (χ4v) is 2.50. The van der Waals surface area contributed by atoms with Gasteiger partial charge in [0.05, 0.1) is 19.8 Å². The highest BCUT2D eigenvalue weighted by Gasteiger charge is 2.23. The minimum Gasteiger partial charge on any atom is -0.490 e. The van der Waals surface area contributed by atoms with Crippen molar-refractivity contribution >= 4 is 24.0 Å². The number of nitrogens with one attached hydrogen (secondary N) is 1. The first-order valence-corrected chi connectivity index (χ1v) is 8.85. The summed E-state index contributed by atoms with van der Waals surface area (Å²) in [5.74, 6) is 2.08. The van der Waals surface area contributed by atoms with E-state index >= 15 is 0 Å². The molecule has 0 radical (unpaired) electrons. The van der Waals surface area contributed by atoms with Crippen molar-refractivity contribution in [3.05, 3.63) is 23.3 Å². The molecule has 6 heteroatoms. The van der Waals surface area contributed by atoms with E-state index in [9.17, 15) is 4.79 Å². The van der Waals surface area contributed by atoms with Crippen molar-refractivity contribution in [1.82, 2.24) is 5.32 Å². The minimum atomic E-state index is -0.0906. The SMILES string of the molecule is CCCOc1cc(C(=O)C(C)C)c(C2=NCCN2)cc1OCCC.Cl. The van der Waals surface area contributed by atoms with Crippen molar-refractivity contribution < 1.29 is 14.3 Å². The lowest BCUT2D eigenvalue weighted by Crippen LogP contribution is -2.23. The summed E-state index contributed by atoms with van der Waals surface area (Å²) in [6.45, 7) is 10.7. The Kier molecular flexibility index (Phi) is 8.76. The smallest absolute Gasteiger partial charge is 0.166 e. The molecule has 0 saturated carbocycles. The number of amidine groups is 1. The molecule has 1 aromatic rings. The van der Waals surface area contributed by atoms with Crippen LogP contribution >= 0.6 is 12.4 Å². The number of hydrogen-bond donors (Lipinski definition) is 1. The standard InChI is InChI=1S/C19H28N2O3.ClH/c1-5-9-23-16-11-14(18(22)13(3)4)15(19-20-7-8-21-19)12-17(16)24-10-6-2;/h11-13H,5-10H2,1-4H3,(H,20,21);1H. The third-order valence-electron chi connectivity index (χ3n) is 3.73. The predicted octanol–water partition coefficient (Wildman–Crippen LogP) is 3.87. The molecule has 0 fully saturated rings. The zero-order chi connectivity index (χ0) is 17.5. The van der Waals surface area contributed by atoms with Crippen LogP contribution in [0.4, 0.5) is 0 Å². The molecule has 0 spiro atoms. The molecule has 0 unspecified atom stereocenters. The van der Waals surface area contributed by atoms with Gasteiger partial charge >= 0.3 is 0 Å². The third kappa shape index (κ3) is 5.36. The van der Waals surface area contributed by atoms with Crippen LogP contribution in [0.2, 0.25) is 0 Å². The number of halogens is 1. The van der Waals surface area contributed by atoms with Gasteiger partial charge in [0.1, 0.15) is 5.84 Å². The van der Waals surface area contributed by atoms with Crippen molar-refractivity contribution in [3.63, 3.8) is 0 Å². The van der Waals surface area contributed by atoms with Crippen LogP contribution in [0.1, 0.15) is 56.5 Å². The lowest BCUT2D eigenvalue weighted by molar-refractivity contribution is 0.0938. The number of Topliss-reactive ketones (excluding diaryl/α,β-unsaturated/α-hetero) is 1. The van der Waals surface area contributed by atoms with E-state index < -0.39 is 0 Å². The molecule has 25 heavy (non-hydrogen) atoms. The third-order valence-corrected chi connectivity index (χ3v) is 3.73. The van der Waals surface area contributed by atoms with Crippen LogP contribution in [0.25, 0.3) is 0 Å². The number of hydrogen-bond acceptors (Lipinski definition) is 5. The summed E-state index contributed by atoms with van der Waals surface area (Å²) in [6.07, 6.45) is 1.81. The summed E-state index contributed by atoms with van der Waals surface area (Å²) in [7, 11) is 0. The molecule has 5 nitrogen and oxygen atoms in total. The second kappa shape index (κ2) is 10.3. The van der Waals surface area contributed by atoms with Crippen LogP contribution < -0.4 is 14.8 Å². The maximum atomic E-state index is 12.7. The number of ketones is 1. The van der Waals surface area contributed by atoms with Gasteiger partial charge in [-0.1, -0.05) is 27.7 Å². The molecule has 2 rings (SSSR count). The second-order valence-corrected chi connectivity index (χ2v) is 6.22. The molecule has 1 aliphatic rings. The number of rotatable bonds is 9. The van der Waals surface area contributed by atoms with E-state index in [-0.39, 0.29) is 24.1 Å². The van der Waals surface area contributed by atoms with Crippen molar-refractivity contribution in [3.8, 4) is 11.5 Å². The normalized spacial score (nSPS) is 13.1. The van der Waals surface area contributed by atoms with Gasteiger partial charge in [-0.2, -0.15) is 0 Å². The minimum absolute atomic E-state index is 0. The van der Waals surface area contributed by atoms with Gasteiger partial charge in [0.2, 0.25) is 0 Å². The van der Waals surface area contributed by atoms with Crippen LogP contribution in [-0.2, 0) is 0 Å². The summed E-state index contributed by atoms with van der Waals surface area (Å²) in [4.78, 5) is 17.2. The van der Waals surface area contributed by atoms with Crippen LogP contribution in [0.5, 0.6) is 11.5 Å². The van der Waals surface area contributed by atoms with E-state index in [4.69, 9.17) is 9.47 Å². The molecule has 1 aromatic carbocycles. The first-order valence-electron chi connectivity index (χ1n) is 8.85. The summed E-state index contributed by atoms with van der Waals surface area (Å²) >= 11 is 0. The molecular formula is C19H29ClN2O3. The molecule has 1 aliphatic heterocycles. The number of benzene rings is 1.